The number of aromatic nitrogens is 1. The minimum absolute atomic E-state index is 0.0635. The molecule has 3 aromatic rings. The molecule has 10 nitrogen and oxygen atoms in total. The van der Waals surface area contributed by atoms with Crippen molar-refractivity contribution in [1.82, 2.24) is 15.8 Å². The zero-order chi connectivity index (χ0) is 28.8. The molecular formula is C25H25ClF3N5O5. The highest BCUT2D eigenvalue weighted by molar-refractivity contribution is 6.31. The number of halogens is 4. The van der Waals surface area contributed by atoms with Crippen LogP contribution in [-0.4, -0.2) is 35.1 Å². The molecule has 14 heteroatoms. The van der Waals surface area contributed by atoms with Crippen molar-refractivity contribution in [2.75, 3.05) is 17.2 Å². The van der Waals surface area contributed by atoms with E-state index in [1.165, 1.54) is 23.8 Å². The first kappa shape index (κ1) is 30.9. The van der Waals surface area contributed by atoms with Crippen LogP contribution in [0.15, 0.2) is 60.8 Å². The van der Waals surface area contributed by atoms with Gasteiger partial charge in [0.15, 0.2) is 0 Å². The Hall–Kier alpha value is -4.36. The largest absolute Gasteiger partial charge is 0.457 e. The van der Waals surface area contributed by atoms with E-state index in [0.717, 1.165) is 25.0 Å². The molecule has 208 valence electrons. The van der Waals surface area contributed by atoms with Crippen molar-refractivity contribution in [2.45, 2.75) is 25.9 Å². The van der Waals surface area contributed by atoms with Gasteiger partial charge in [0.05, 0.1) is 10.6 Å². The third kappa shape index (κ3) is 10.5. The lowest BCUT2D eigenvalue weighted by atomic mass is 10.2. The number of nitrogens with one attached hydrogen (secondary N) is 4. The van der Waals surface area contributed by atoms with Gasteiger partial charge < -0.3 is 20.7 Å². The van der Waals surface area contributed by atoms with Crippen molar-refractivity contribution in [3.8, 4) is 11.5 Å². The topological polar surface area (TPSA) is 142 Å². The minimum Gasteiger partial charge on any atom is -0.457 e. The van der Waals surface area contributed by atoms with Crippen molar-refractivity contribution in [1.29, 1.82) is 0 Å². The van der Waals surface area contributed by atoms with Crippen LogP contribution in [0.3, 0.4) is 0 Å². The van der Waals surface area contributed by atoms with Crippen LogP contribution in [-0.2, 0) is 11.0 Å². The normalized spacial score (nSPS) is 10.4. The highest BCUT2D eigenvalue weighted by atomic mass is 35.5. The third-order valence-corrected chi connectivity index (χ3v) is 5.04. The molecule has 0 spiro atoms. The van der Waals surface area contributed by atoms with E-state index in [1.807, 2.05) is 6.92 Å². The predicted molar refractivity (Wildman–Crippen MR) is 138 cm³/mol. The Bertz CT molecular complexity index is 1260. The van der Waals surface area contributed by atoms with Crippen molar-refractivity contribution < 1.29 is 37.5 Å². The smallest absolute Gasteiger partial charge is 0.417 e. The van der Waals surface area contributed by atoms with Gasteiger partial charge in [-0.2, -0.15) is 13.2 Å². The maximum atomic E-state index is 13.0. The summed E-state index contributed by atoms with van der Waals surface area (Å²) in [5.74, 6) is 0.548. The van der Waals surface area contributed by atoms with Gasteiger partial charge in [0.1, 0.15) is 17.2 Å². The Labute approximate surface area is 226 Å². The average molecular weight is 568 g/mol. The van der Waals surface area contributed by atoms with E-state index in [9.17, 15) is 22.8 Å². The fourth-order valence-corrected chi connectivity index (χ4v) is 3.15. The second-order valence-electron chi connectivity index (χ2n) is 7.63. The minimum atomic E-state index is -4.64. The van der Waals surface area contributed by atoms with Gasteiger partial charge in [-0.25, -0.2) is 10.3 Å². The molecule has 0 saturated heterocycles. The number of pyridine rings is 1. The number of nitrogens with zero attached hydrogens (tertiary/aromatic N) is 1. The van der Waals surface area contributed by atoms with Crippen LogP contribution < -0.4 is 26.2 Å². The number of alkyl halides is 3. The highest BCUT2D eigenvalue weighted by Crippen LogP contribution is 2.36. The third-order valence-electron chi connectivity index (χ3n) is 4.71. The molecule has 0 unspecified atom stereocenters. The molecule has 0 aliphatic heterocycles. The Kier molecular flexibility index (Phi) is 12.0. The molecule has 0 aliphatic rings. The summed E-state index contributed by atoms with van der Waals surface area (Å²) >= 11 is 5.59. The first-order valence-electron chi connectivity index (χ1n) is 11.4. The summed E-state index contributed by atoms with van der Waals surface area (Å²) in [5, 5.41) is 14.4. The van der Waals surface area contributed by atoms with Gasteiger partial charge in [-0.1, -0.05) is 24.9 Å². The van der Waals surface area contributed by atoms with Gasteiger partial charge in [-0.05, 0) is 55.0 Å². The molecule has 2 aromatic carbocycles. The van der Waals surface area contributed by atoms with Crippen molar-refractivity contribution in [3.05, 3.63) is 77.1 Å². The van der Waals surface area contributed by atoms with Gasteiger partial charge in [0, 0.05) is 30.2 Å². The van der Waals surface area contributed by atoms with E-state index in [4.69, 9.17) is 26.3 Å². The number of benzene rings is 2. The average Bonchev–Trinajstić information content (AvgIpc) is 2.90. The molecule has 1 aromatic heterocycles. The first-order chi connectivity index (χ1) is 18.6. The number of rotatable bonds is 9. The quantitative estimate of drug-likeness (QED) is 0.0951. The summed E-state index contributed by atoms with van der Waals surface area (Å²) in [5.41, 5.74) is 0.748. The summed E-state index contributed by atoms with van der Waals surface area (Å²) in [7, 11) is 0. The number of ether oxygens (including phenoxy) is 1. The number of carbonyl (C=O) groups excluding carboxylic acids is 3. The molecule has 0 bridgehead atoms. The van der Waals surface area contributed by atoms with E-state index in [-0.39, 0.29) is 23.7 Å². The Morgan fingerprint density at radius 3 is 2.28 bits per heavy atom. The number of carbonyl (C=O) groups is 3. The van der Waals surface area contributed by atoms with E-state index in [1.54, 1.807) is 30.3 Å². The molecule has 39 heavy (non-hydrogen) atoms. The molecule has 3 rings (SSSR count). The molecule has 0 atom stereocenters. The molecule has 1 heterocycles. The maximum absolute atomic E-state index is 13.0. The van der Waals surface area contributed by atoms with Crippen LogP contribution >= 0.6 is 11.6 Å². The monoisotopic (exact) mass is 567 g/mol. The second-order valence-corrected chi connectivity index (χ2v) is 8.04. The summed E-state index contributed by atoms with van der Waals surface area (Å²) in [6, 6.07) is 11.7. The lowest BCUT2D eigenvalue weighted by molar-refractivity contribution is -0.137. The van der Waals surface area contributed by atoms with E-state index < -0.39 is 22.8 Å². The van der Waals surface area contributed by atoms with Gasteiger partial charge in [-0.15, -0.1) is 0 Å². The van der Waals surface area contributed by atoms with Crippen molar-refractivity contribution >= 4 is 41.3 Å². The molecule has 5 N–H and O–H groups in total. The molecule has 0 fully saturated rings. The van der Waals surface area contributed by atoms with Crippen molar-refractivity contribution in [2.24, 2.45) is 0 Å². The number of urea groups is 1. The zero-order valence-corrected chi connectivity index (χ0v) is 21.3. The highest BCUT2D eigenvalue weighted by Gasteiger charge is 2.33. The number of unbranched alkanes of at least 4 members (excludes halogenated alkanes) is 1. The predicted octanol–water partition coefficient (Wildman–Crippen LogP) is 5.84. The molecule has 0 radical (unpaired) electrons. The van der Waals surface area contributed by atoms with E-state index in [2.05, 4.69) is 20.9 Å². The molecular weight excluding hydrogens is 543 g/mol. The van der Waals surface area contributed by atoms with E-state index >= 15 is 0 Å². The first-order valence-corrected chi connectivity index (χ1v) is 11.7. The van der Waals surface area contributed by atoms with Crippen LogP contribution in [0.25, 0.3) is 0 Å². The van der Waals surface area contributed by atoms with Crippen LogP contribution in [0.5, 0.6) is 11.5 Å². The number of hydrogen-bond donors (Lipinski definition) is 5. The fourth-order valence-electron chi connectivity index (χ4n) is 2.92. The summed E-state index contributed by atoms with van der Waals surface area (Å²) in [6.07, 6.45) is -1.17. The lowest BCUT2D eigenvalue weighted by Gasteiger charge is -2.12. The van der Waals surface area contributed by atoms with Crippen LogP contribution in [0.4, 0.5) is 29.3 Å². The summed E-state index contributed by atoms with van der Waals surface area (Å²) in [4.78, 5) is 37.2. The van der Waals surface area contributed by atoms with Crippen LogP contribution in [0.1, 0.15) is 35.8 Å². The standard InChI is InChI=1S/C24H22ClF3N4O3.CH3NO2/c1-2-3-11-30-22(33)21-14-18(10-12-29-21)35-17-7-4-15(5-8-17)31-23(34)32-16-6-9-20(25)19(13-16)24(26,27)28;3-1-2-4/h4-10,12-14H,2-3,11H2,1H3,(H,30,33)(H2,31,32,34);1,4H,(H,2,3). The number of amides is 4. The molecule has 0 aliphatic carbocycles. The Morgan fingerprint density at radius 1 is 1.03 bits per heavy atom. The molecule has 0 saturated carbocycles. The SMILES string of the molecule is CCCCNC(=O)c1cc(Oc2ccc(NC(=O)Nc3ccc(Cl)c(C(F)(F)F)c3)cc2)ccn1.O=CNO. The summed E-state index contributed by atoms with van der Waals surface area (Å²) in [6.45, 7) is 2.59. The lowest BCUT2D eigenvalue weighted by Crippen LogP contribution is -2.25. The number of anilines is 2. The molecule has 4 amide bonds. The summed E-state index contributed by atoms with van der Waals surface area (Å²) < 4.78 is 44.7. The number of hydrogen-bond acceptors (Lipinski definition) is 6. The van der Waals surface area contributed by atoms with Crippen LogP contribution in [0.2, 0.25) is 5.02 Å². The van der Waals surface area contributed by atoms with Gasteiger partial charge in [0.2, 0.25) is 6.41 Å². The second kappa shape index (κ2) is 15.1. The zero-order valence-electron chi connectivity index (χ0n) is 20.5. The van der Waals surface area contributed by atoms with Crippen molar-refractivity contribution in [3.63, 3.8) is 0 Å². The van der Waals surface area contributed by atoms with Crippen LogP contribution in [0, 0.1) is 0 Å². The fraction of sp³-hybridized carbons (Fsp3) is 0.200. The maximum Gasteiger partial charge on any atom is 0.417 e. The Morgan fingerprint density at radius 2 is 1.67 bits per heavy atom. The Balaban J connectivity index is 0.00000124. The number of hydroxylamine groups is 1. The van der Waals surface area contributed by atoms with Gasteiger partial charge in [0.25, 0.3) is 5.91 Å². The van der Waals surface area contributed by atoms with Gasteiger partial charge in [-0.3, -0.25) is 19.8 Å². The van der Waals surface area contributed by atoms with E-state index in [0.29, 0.717) is 23.7 Å². The van der Waals surface area contributed by atoms with Gasteiger partial charge >= 0.3 is 12.2 Å².